The number of carboxylic acid groups (broad SMARTS) is 1. The van der Waals surface area contributed by atoms with Gasteiger partial charge in [-0.1, -0.05) is 44.6 Å². The fraction of sp³-hybridized carbons (Fsp3) is 0.833. The lowest BCUT2D eigenvalue weighted by Gasteiger charge is -2.63. The van der Waals surface area contributed by atoms with E-state index in [1.807, 2.05) is 0 Å². The maximum Gasteiger partial charge on any atom is 0.303 e. The molecule has 4 rings (SSSR count). The van der Waals surface area contributed by atoms with Gasteiger partial charge in [-0.2, -0.15) is 0 Å². The Bertz CT molecular complexity index is 839. The molecule has 33 heavy (non-hydrogen) atoms. The molecule has 9 unspecified atom stereocenters. The Kier molecular flexibility index (Phi) is 6.25. The number of aliphatic hydroxyl groups is 1. The van der Waals surface area contributed by atoms with Crippen molar-refractivity contribution in [1.29, 1.82) is 0 Å². The fourth-order valence-corrected chi connectivity index (χ4v) is 10.1. The Morgan fingerprint density at radius 1 is 1.18 bits per heavy atom. The van der Waals surface area contributed by atoms with E-state index in [1.165, 1.54) is 36.8 Å². The second kappa shape index (κ2) is 8.25. The molecule has 186 valence electrons. The van der Waals surface area contributed by atoms with Crippen LogP contribution in [0.2, 0.25) is 0 Å². The molecule has 1 spiro atoms. The Balaban J connectivity index is 1.65. The number of aliphatic carboxylic acids is 1. The van der Waals surface area contributed by atoms with Crippen LogP contribution in [0, 0.1) is 45.3 Å². The van der Waals surface area contributed by atoms with E-state index in [0.29, 0.717) is 23.7 Å². The van der Waals surface area contributed by atoms with Gasteiger partial charge >= 0.3 is 5.97 Å². The lowest BCUT2D eigenvalue weighted by atomic mass is 9.42. The van der Waals surface area contributed by atoms with Gasteiger partial charge in [0.15, 0.2) is 0 Å². The zero-order chi connectivity index (χ0) is 24.4. The summed E-state index contributed by atoms with van der Waals surface area (Å²) in [6.07, 6.45) is 12.1. The van der Waals surface area contributed by atoms with Gasteiger partial charge in [-0.25, -0.2) is 0 Å². The molecule has 0 aromatic carbocycles. The SMILES string of the molecule is C=C(C)C1CCC2C3(C)CCC(C(C)CCC=C(C)C)C3(C)C(O)CC23CC13CCC(=O)O. The predicted molar refractivity (Wildman–Crippen MR) is 135 cm³/mol. The van der Waals surface area contributed by atoms with Crippen molar-refractivity contribution in [3.8, 4) is 0 Å². The zero-order valence-electron chi connectivity index (χ0n) is 22.0. The van der Waals surface area contributed by atoms with Gasteiger partial charge in [0.2, 0.25) is 0 Å². The Hall–Kier alpha value is -1.09. The van der Waals surface area contributed by atoms with E-state index in [0.717, 1.165) is 32.1 Å². The van der Waals surface area contributed by atoms with E-state index in [1.54, 1.807) is 0 Å². The topological polar surface area (TPSA) is 57.5 Å². The van der Waals surface area contributed by atoms with Crippen LogP contribution in [-0.2, 0) is 4.79 Å². The number of carboxylic acids is 1. The fourth-order valence-electron chi connectivity index (χ4n) is 10.1. The van der Waals surface area contributed by atoms with Gasteiger partial charge in [0.1, 0.15) is 0 Å². The summed E-state index contributed by atoms with van der Waals surface area (Å²) in [6, 6.07) is 0. The number of allylic oxidation sites excluding steroid dienone is 3. The highest BCUT2D eigenvalue weighted by molar-refractivity contribution is 5.67. The summed E-state index contributed by atoms with van der Waals surface area (Å²) in [5.41, 5.74) is 2.85. The van der Waals surface area contributed by atoms with Crippen molar-refractivity contribution in [1.82, 2.24) is 0 Å². The monoisotopic (exact) mass is 456 g/mol. The Morgan fingerprint density at radius 3 is 2.48 bits per heavy atom. The maximum atomic E-state index is 11.9. The number of hydrogen-bond acceptors (Lipinski definition) is 2. The minimum Gasteiger partial charge on any atom is -0.481 e. The number of aliphatic hydroxyl groups excluding tert-OH is 1. The van der Waals surface area contributed by atoms with Crippen molar-refractivity contribution in [3.63, 3.8) is 0 Å². The molecule has 3 heteroatoms. The Morgan fingerprint density at radius 2 is 1.88 bits per heavy atom. The van der Waals surface area contributed by atoms with Gasteiger partial charge in [0.25, 0.3) is 0 Å². The summed E-state index contributed by atoms with van der Waals surface area (Å²) in [6.45, 7) is 18.2. The van der Waals surface area contributed by atoms with Crippen LogP contribution in [0.5, 0.6) is 0 Å². The highest BCUT2D eigenvalue weighted by atomic mass is 16.4. The molecule has 4 saturated carbocycles. The average Bonchev–Trinajstić information content (AvgIpc) is 3.29. The maximum absolute atomic E-state index is 11.9. The van der Waals surface area contributed by atoms with Crippen LogP contribution < -0.4 is 0 Å². The van der Waals surface area contributed by atoms with Crippen molar-refractivity contribution in [3.05, 3.63) is 23.8 Å². The van der Waals surface area contributed by atoms with E-state index in [4.69, 9.17) is 0 Å². The molecule has 0 heterocycles. The van der Waals surface area contributed by atoms with Crippen LogP contribution in [0.4, 0.5) is 0 Å². The van der Waals surface area contributed by atoms with Gasteiger partial charge in [-0.05, 0) is 118 Å². The minimum absolute atomic E-state index is 0.0403. The van der Waals surface area contributed by atoms with E-state index < -0.39 is 5.97 Å². The van der Waals surface area contributed by atoms with E-state index in [2.05, 4.69) is 54.2 Å². The standard InChI is InChI=1S/C30H48O3/c1-19(2)9-8-10-21(5)23-13-15-27(6)24-12-11-22(20(3)4)29(16-14-26(32)33)18-30(24,29)17-25(31)28(23,27)7/h9,21-25,31H,3,8,10-18H2,1-2,4-7H3,(H,32,33). The normalized spacial score (nSPS) is 46.5. The highest BCUT2D eigenvalue weighted by Crippen LogP contribution is 2.87. The smallest absolute Gasteiger partial charge is 0.303 e. The van der Waals surface area contributed by atoms with Gasteiger partial charge in [0, 0.05) is 11.8 Å². The van der Waals surface area contributed by atoms with Gasteiger partial charge in [0.05, 0.1) is 6.10 Å². The lowest BCUT2D eigenvalue weighted by molar-refractivity contribution is -0.187. The molecular formula is C30H48O3. The quantitative estimate of drug-likeness (QED) is 0.374. The van der Waals surface area contributed by atoms with Crippen LogP contribution in [0.15, 0.2) is 23.8 Å². The first-order chi connectivity index (χ1) is 15.4. The molecule has 2 N–H and O–H groups in total. The number of hydrogen-bond donors (Lipinski definition) is 2. The molecule has 4 aliphatic rings. The van der Waals surface area contributed by atoms with Crippen molar-refractivity contribution < 1.29 is 15.0 Å². The molecule has 0 saturated heterocycles. The molecule has 3 nitrogen and oxygen atoms in total. The first kappa shape index (κ1) is 25.0. The zero-order valence-corrected chi connectivity index (χ0v) is 22.0. The summed E-state index contributed by atoms with van der Waals surface area (Å²) in [5, 5.41) is 21.4. The molecular weight excluding hydrogens is 408 g/mol. The summed E-state index contributed by atoms with van der Waals surface area (Å²) in [4.78, 5) is 11.6. The van der Waals surface area contributed by atoms with E-state index in [-0.39, 0.29) is 34.2 Å². The Labute approximate surface area is 202 Å². The minimum atomic E-state index is -0.687. The van der Waals surface area contributed by atoms with Crippen LogP contribution >= 0.6 is 0 Å². The van der Waals surface area contributed by atoms with Gasteiger partial charge in [-0.15, -0.1) is 0 Å². The second-order valence-corrected chi connectivity index (χ2v) is 13.3. The number of rotatable bonds is 8. The summed E-state index contributed by atoms with van der Waals surface area (Å²) < 4.78 is 0. The van der Waals surface area contributed by atoms with Crippen molar-refractivity contribution >= 4 is 5.97 Å². The highest BCUT2D eigenvalue weighted by Gasteiger charge is 2.81. The third-order valence-corrected chi connectivity index (χ3v) is 11.8. The van der Waals surface area contributed by atoms with Crippen LogP contribution in [0.1, 0.15) is 106 Å². The molecule has 9 atom stereocenters. The third-order valence-electron chi connectivity index (χ3n) is 11.8. The lowest BCUT2D eigenvalue weighted by Crippen LogP contribution is -2.60. The van der Waals surface area contributed by atoms with Crippen molar-refractivity contribution in [2.45, 2.75) is 112 Å². The summed E-state index contributed by atoms with van der Waals surface area (Å²) in [7, 11) is 0. The number of fused-ring (bicyclic) bond motifs is 2. The van der Waals surface area contributed by atoms with Crippen molar-refractivity contribution in [2.75, 3.05) is 0 Å². The van der Waals surface area contributed by atoms with E-state index >= 15 is 0 Å². The van der Waals surface area contributed by atoms with Gasteiger partial charge in [-0.3, -0.25) is 4.79 Å². The molecule has 0 aromatic heterocycles. The first-order valence-corrected chi connectivity index (χ1v) is 13.5. The second-order valence-electron chi connectivity index (χ2n) is 13.3. The third kappa shape index (κ3) is 3.42. The van der Waals surface area contributed by atoms with Crippen LogP contribution in [-0.4, -0.2) is 22.3 Å². The molecule has 0 aliphatic heterocycles. The molecule has 0 radical (unpaired) electrons. The summed E-state index contributed by atoms with van der Waals surface area (Å²) in [5.74, 6) is 1.49. The predicted octanol–water partition coefficient (Wildman–Crippen LogP) is 7.40. The molecule has 0 amide bonds. The first-order valence-electron chi connectivity index (χ1n) is 13.5. The molecule has 4 fully saturated rings. The van der Waals surface area contributed by atoms with Gasteiger partial charge < -0.3 is 10.2 Å². The van der Waals surface area contributed by atoms with Crippen LogP contribution in [0.3, 0.4) is 0 Å². The molecule has 0 aromatic rings. The van der Waals surface area contributed by atoms with Crippen molar-refractivity contribution in [2.24, 2.45) is 45.3 Å². The van der Waals surface area contributed by atoms with E-state index in [9.17, 15) is 15.0 Å². The number of carbonyl (C=O) groups is 1. The molecule has 4 aliphatic carbocycles. The molecule has 0 bridgehead atoms. The average molecular weight is 457 g/mol. The summed E-state index contributed by atoms with van der Waals surface area (Å²) >= 11 is 0. The largest absolute Gasteiger partial charge is 0.481 e. The van der Waals surface area contributed by atoms with Crippen LogP contribution in [0.25, 0.3) is 0 Å².